The minimum absolute atomic E-state index is 0.00287. The van der Waals surface area contributed by atoms with E-state index in [1.54, 1.807) is 4.90 Å². The highest BCUT2D eigenvalue weighted by Crippen LogP contribution is 2.23. The minimum atomic E-state index is -0.583. The SMILES string of the molecule is CC(=O)Nc1cc(NC(=O)C2CCCN(C(=O)Nc3cccc(C)c3)C2)ccc1F. The number of aryl methyl sites for hydroxylation is 1. The van der Waals surface area contributed by atoms with Crippen LogP contribution in [0.3, 0.4) is 0 Å². The number of benzene rings is 2. The van der Waals surface area contributed by atoms with Gasteiger partial charge in [0.1, 0.15) is 5.82 Å². The predicted molar refractivity (Wildman–Crippen MR) is 114 cm³/mol. The Morgan fingerprint density at radius 1 is 1.03 bits per heavy atom. The molecule has 0 spiro atoms. The van der Waals surface area contributed by atoms with Crippen molar-refractivity contribution in [2.24, 2.45) is 5.92 Å². The van der Waals surface area contributed by atoms with E-state index in [0.29, 0.717) is 37.3 Å². The van der Waals surface area contributed by atoms with Crippen molar-refractivity contribution in [3.8, 4) is 0 Å². The Bertz CT molecular complexity index is 963. The van der Waals surface area contributed by atoms with Crippen LogP contribution in [0.5, 0.6) is 0 Å². The number of amides is 4. The van der Waals surface area contributed by atoms with E-state index in [9.17, 15) is 18.8 Å². The summed E-state index contributed by atoms with van der Waals surface area (Å²) >= 11 is 0. The van der Waals surface area contributed by atoms with Gasteiger partial charge in [-0.3, -0.25) is 9.59 Å². The van der Waals surface area contributed by atoms with E-state index in [-0.39, 0.29) is 23.5 Å². The average Bonchev–Trinajstić information content (AvgIpc) is 2.70. The Morgan fingerprint density at radius 2 is 1.80 bits per heavy atom. The lowest BCUT2D eigenvalue weighted by Gasteiger charge is -2.32. The maximum Gasteiger partial charge on any atom is 0.321 e. The van der Waals surface area contributed by atoms with Gasteiger partial charge in [0.15, 0.2) is 0 Å². The second-order valence-electron chi connectivity index (χ2n) is 7.45. The highest BCUT2D eigenvalue weighted by molar-refractivity contribution is 5.95. The van der Waals surface area contributed by atoms with Crippen LogP contribution in [0.1, 0.15) is 25.3 Å². The molecule has 3 N–H and O–H groups in total. The Hall–Kier alpha value is -3.42. The van der Waals surface area contributed by atoms with Crippen molar-refractivity contribution in [2.45, 2.75) is 26.7 Å². The van der Waals surface area contributed by atoms with Gasteiger partial charge in [0.2, 0.25) is 11.8 Å². The molecule has 2 aromatic rings. The fraction of sp³-hybridized carbons (Fsp3) is 0.318. The number of nitrogens with one attached hydrogen (secondary N) is 3. The smallest absolute Gasteiger partial charge is 0.321 e. The second-order valence-corrected chi connectivity index (χ2v) is 7.45. The van der Waals surface area contributed by atoms with Crippen molar-refractivity contribution in [3.63, 3.8) is 0 Å². The summed E-state index contributed by atoms with van der Waals surface area (Å²) in [5.74, 6) is -1.61. The van der Waals surface area contributed by atoms with Crippen molar-refractivity contribution < 1.29 is 18.8 Å². The molecule has 0 radical (unpaired) electrons. The number of urea groups is 1. The number of carbonyl (C=O) groups is 3. The van der Waals surface area contributed by atoms with E-state index in [1.165, 1.54) is 25.1 Å². The van der Waals surface area contributed by atoms with Gasteiger partial charge in [-0.05, 0) is 55.7 Å². The molecular weight excluding hydrogens is 387 g/mol. The standard InChI is InChI=1S/C22H25FN4O3/c1-14-5-3-7-17(11-14)26-22(30)27-10-4-6-16(13-27)21(29)25-18-8-9-19(23)20(12-18)24-15(2)28/h3,5,7-9,11-12,16H,4,6,10,13H2,1-2H3,(H,24,28)(H,25,29)(H,26,30). The zero-order chi connectivity index (χ0) is 21.7. The molecule has 0 aliphatic carbocycles. The Balaban J connectivity index is 1.61. The third-order valence-electron chi connectivity index (χ3n) is 4.89. The van der Waals surface area contributed by atoms with E-state index < -0.39 is 11.7 Å². The number of nitrogens with zero attached hydrogens (tertiary/aromatic N) is 1. The third-order valence-corrected chi connectivity index (χ3v) is 4.89. The van der Waals surface area contributed by atoms with Crippen LogP contribution in [0.25, 0.3) is 0 Å². The molecule has 1 atom stereocenters. The molecule has 2 aromatic carbocycles. The Kier molecular flexibility index (Phi) is 6.66. The van der Waals surface area contributed by atoms with Crippen LogP contribution in [0.15, 0.2) is 42.5 Å². The van der Waals surface area contributed by atoms with Crippen LogP contribution in [-0.4, -0.2) is 35.8 Å². The van der Waals surface area contributed by atoms with Gasteiger partial charge in [0.25, 0.3) is 0 Å². The largest absolute Gasteiger partial charge is 0.326 e. The number of halogens is 1. The number of piperidine rings is 1. The molecule has 0 aromatic heterocycles. The summed E-state index contributed by atoms with van der Waals surface area (Å²) < 4.78 is 13.8. The van der Waals surface area contributed by atoms with Gasteiger partial charge in [0.05, 0.1) is 11.6 Å². The zero-order valence-corrected chi connectivity index (χ0v) is 17.0. The van der Waals surface area contributed by atoms with Gasteiger partial charge in [0, 0.05) is 31.4 Å². The van der Waals surface area contributed by atoms with Gasteiger partial charge >= 0.3 is 6.03 Å². The number of carbonyl (C=O) groups excluding carboxylic acids is 3. The molecule has 1 saturated heterocycles. The summed E-state index contributed by atoms with van der Waals surface area (Å²) in [6.07, 6.45) is 1.36. The van der Waals surface area contributed by atoms with E-state index in [4.69, 9.17) is 0 Å². The lowest BCUT2D eigenvalue weighted by Crippen LogP contribution is -2.45. The fourth-order valence-electron chi connectivity index (χ4n) is 3.43. The molecule has 1 unspecified atom stereocenters. The summed E-state index contributed by atoms with van der Waals surface area (Å²) in [4.78, 5) is 38.1. The van der Waals surface area contributed by atoms with Crippen LogP contribution < -0.4 is 16.0 Å². The molecule has 7 nitrogen and oxygen atoms in total. The molecule has 1 aliphatic heterocycles. The number of hydrogen-bond acceptors (Lipinski definition) is 3. The maximum atomic E-state index is 13.8. The predicted octanol–water partition coefficient (Wildman–Crippen LogP) is 3.98. The normalized spacial score (nSPS) is 16.0. The van der Waals surface area contributed by atoms with Crippen molar-refractivity contribution in [3.05, 3.63) is 53.8 Å². The summed E-state index contributed by atoms with van der Waals surface area (Å²) in [6.45, 7) is 4.10. The number of likely N-dealkylation sites (tertiary alicyclic amines) is 1. The molecule has 0 bridgehead atoms. The first-order valence-electron chi connectivity index (χ1n) is 9.82. The Morgan fingerprint density at radius 3 is 2.53 bits per heavy atom. The summed E-state index contributed by atoms with van der Waals surface area (Å²) in [5.41, 5.74) is 2.14. The first-order chi connectivity index (χ1) is 14.3. The van der Waals surface area contributed by atoms with Gasteiger partial charge in [-0.15, -0.1) is 0 Å². The fourth-order valence-corrected chi connectivity index (χ4v) is 3.43. The van der Waals surface area contributed by atoms with Crippen molar-refractivity contribution in [1.29, 1.82) is 0 Å². The van der Waals surface area contributed by atoms with E-state index in [2.05, 4.69) is 16.0 Å². The van der Waals surface area contributed by atoms with Gasteiger partial charge < -0.3 is 20.9 Å². The molecule has 1 aliphatic rings. The molecule has 30 heavy (non-hydrogen) atoms. The third kappa shape index (κ3) is 5.56. The molecule has 158 valence electrons. The highest BCUT2D eigenvalue weighted by Gasteiger charge is 2.28. The van der Waals surface area contributed by atoms with E-state index in [0.717, 1.165) is 5.56 Å². The average molecular weight is 412 g/mol. The monoisotopic (exact) mass is 412 g/mol. The molecular formula is C22H25FN4O3. The van der Waals surface area contributed by atoms with Crippen LogP contribution in [0.2, 0.25) is 0 Å². The first kappa shape index (κ1) is 21.3. The van der Waals surface area contributed by atoms with Crippen LogP contribution in [0, 0.1) is 18.7 Å². The van der Waals surface area contributed by atoms with Crippen molar-refractivity contribution in [1.82, 2.24) is 4.90 Å². The second kappa shape index (κ2) is 9.39. The molecule has 3 rings (SSSR count). The summed E-state index contributed by atoms with van der Waals surface area (Å²) in [6, 6.07) is 11.3. The van der Waals surface area contributed by atoms with Gasteiger partial charge in [-0.1, -0.05) is 12.1 Å². The molecule has 0 saturated carbocycles. The number of hydrogen-bond donors (Lipinski definition) is 3. The Labute approximate surface area is 174 Å². The molecule has 1 heterocycles. The molecule has 4 amide bonds. The highest BCUT2D eigenvalue weighted by atomic mass is 19.1. The lowest BCUT2D eigenvalue weighted by molar-refractivity contribution is -0.121. The topological polar surface area (TPSA) is 90.5 Å². The summed E-state index contributed by atoms with van der Waals surface area (Å²) in [5, 5.41) is 8.01. The van der Waals surface area contributed by atoms with E-state index in [1.807, 2.05) is 31.2 Å². The van der Waals surface area contributed by atoms with Gasteiger partial charge in [-0.25, -0.2) is 9.18 Å². The minimum Gasteiger partial charge on any atom is -0.326 e. The first-order valence-corrected chi connectivity index (χ1v) is 9.82. The number of anilines is 3. The van der Waals surface area contributed by atoms with Crippen molar-refractivity contribution >= 4 is 34.9 Å². The summed E-state index contributed by atoms with van der Waals surface area (Å²) in [7, 11) is 0. The lowest BCUT2D eigenvalue weighted by atomic mass is 9.97. The van der Waals surface area contributed by atoms with E-state index >= 15 is 0 Å². The van der Waals surface area contributed by atoms with Gasteiger partial charge in [-0.2, -0.15) is 0 Å². The van der Waals surface area contributed by atoms with Crippen LogP contribution in [0.4, 0.5) is 26.2 Å². The maximum absolute atomic E-state index is 13.8. The van der Waals surface area contributed by atoms with Crippen LogP contribution in [-0.2, 0) is 9.59 Å². The number of rotatable bonds is 4. The molecule has 8 heteroatoms. The van der Waals surface area contributed by atoms with Crippen LogP contribution >= 0.6 is 0 Å². The zero-order valence-electron chi connectivity index (χ0n) is 17.0. The molecule has 1 fully saturated rings. The van der Waals surface area contributed by atoms with Crippen molar-refractivity contribution in [2.75, 3.05) is 29.0 Å². The quantitative estimate of drug-likeness (QED) is 0.710.